The molecular weight excluding hydrogens is 202 g/mol. The number of likely N-dealkylation sites (tertiary alicyclic amines) is 1. The molecule has 0 spiro atoms. The average molecular weight is 221 g/mol. The maximum Gasteiger partial charge on any atom is 0.0793 e. The second-order valence-electron chi connectivity index (χ2n) is 4.53. The zero-order valence-electron chi connectivity index (χ0n) is 9.47. The highest BCUT2D eigenvalue weighted by molar-refractivity contribution is 5.03. The number of nitrogens with two attached hydrogens (primary N) is 1. The highest BCUT2D eigenvalue weighted by Crippen LogP contribution is 2.21. The summed E-state index contributed by atoms with van der Waals surface area (Å²) in [6, 6.07) is 5.96. The molecule has 0 radical (unpaired) electrons. The smallest absolute Gasteiger partial charge is 0.0793 e. The lowest BCUT2D eigenvalue weighted by Gasteiger charge is -2.37. The van der Waals surface area contributed by atoms with Crippen molar-refractivity contribution in [2.45, 2.75) is 25.0 Å². The van der Waals surface area contributed by atoms with Crippen molar-refractivity contribution in [3.63, 3.8) is 0 Å². The number of hydrogen-bond donors (Lipinski definition) is 2. The molecule has 0 amide bonds. The van der Waals surface area contributed by atoms with Gasteiger partial charge in [0.1, 0.15) is 0 Å². The van der Waals surface area contributed by atoms with Crippen LogP contribution in [-0.2, 0) is 6.54 Å². The van der Waals surface area contributed by atoms with Gasteiger partial charge in [-0.2, -0.15) is 0 Å². The molecular formula is C12H19N3O. The summed E-state index contributed by atoms with van der Waals surface area (Å²) in [4.78, 5) is 6.61. The quantitative estimate of drug-likeness (QED) is 0.774. The first-order valence-electron chi connectivity index (χ1n) is 5.77. The second-order valence-corrected chi connectivity index (χ2v) is 4.53. The summed E-state index contributed by atoms with van der Waals surface area (Å²) < 4.78 is 0. The molecule has 4 heteroatoms. The van der Waals surface area contributed by atoms with Gasteiger partial charge in [0.2, 0.25) is 0 Å². The van der Waals surface area contributed by atoms with E-state index in [1.807, 2.05) is 24.4 Å². The number of piperidine rings is 1. The van der Waals surface area contributed by atoms with Crippen LogP contribution in [0.1, 0.15) is 18.5 Å². The summed E-state index contributed by atoms with van der Waals surface area (Å²) in [6.45, 7) is 3.01. The largest absolute Gasteiger partial charge is 0.388 e. The minimum Gasteiger partial charge on any atom is -0.388 e. The fourth-order valence-corrected chi connectivity index (χ4v) is 2.05. The summed E-state index contributed by atoms with van der Waals surface area (Å²) in [5.41, 5.74) is 6.00. The second kappa shape index (κ2) is 4.91. The molecule has 0 saturated carbocycles. The molecule has 1 saturated heterocycles. The predicted octanol–water partition coefficient (Wildman–Crippen LogP) is 0.367. The van der Waals surface area contributed by atoms with E-state index >= 15 is 0 Å². The minimum atomic E-state index is -0.638. The van der Waals surface area contributed by atoms with E-state index in [9.17, 15) is 5.11 Å². The van der Waals surface area contributed by atoms with Crippen LogP contribution in [0, 0.1) is 0 Å². The summed E-state index contributed by atoms with van der Waals surface area (Å²) in [6.07, 6.45) is 3.34. The van der Waals surface area contributed by atoms with Crippen LogP contribution in [0.5, 0.6) is 0 Å². The molecule has 0 bridgehead atoms. The Morgan fingerprint density at radius 3 is 2.69 bits per heavy atom. The fraction of sp³-hybridized carbons (Fsp3) is 0.583. The molecule has 1 aromatic rings. The van der Waals surface area contributed by atoms with Crippen molar-refractivity contribution in [2.24, 2.45) is 5.73 Å². The van der Waals surface area contributed by atoms with Crippen molar-refractivity contribution in [3.05, 3.63) is 30.1 Å². The summed E-state index contributed by atoms with van der Waals surface area (Å²) >= 11 is 0. The summed E-state index contributed by atoms with van der Waals surface area (Å²) in [7, 11) is 0. The molecule has 88 valence electrons. The molecule has 1 aliphatic rings. The van der Waals surface area contributed by atoms with Gasteiger partial charge in [0.15, 0.2) is 0 Å². The predicted molar refractivity (Wildman–Crippen MR) is 62.8 cm³/mol. The van der Waals surface area contributed by atoms with Crippen molar-refractivity contribution in [2.75, 3.05) is 19.6 Å². The van der Waals surface area contributed by atoms with Crippen molar-refractivity contribution in [1.82, 2.24) is 9.88 Å². The Bertz CT molecular complexity index is 320. The van der Waals surface area contributed by atoms with Crippen LogP contribution < -0.4 is 5.73 Å². The van der Waals surface area contributed by atoms with Crippen LogP contribution in [0.25, 0.3) is 0 Å². The fourth-order valence-electron chi connectivity index (χ4n) is 2.05. The maximum atomic E-state index is 10.00. The Kier molecular flexibility index (Phi) is 3.53. The number of aromatic nitrogens is 1. The average Bonchev–Trinajstić information content (AvgIpc) is 2.34. The third-order valence-corrected chi connectivity index (χ3v) is 3.28. The third-order valence-electron chi connectivity index (χ3n) is 3.28. The van der Waals surface area contributed by atoms with Crippen LogP contribution in [0.4, 0.5) is 0 Å². The topological polar surface area (TPSA) is 62.4 Å². The van der Waals surface area contributed by atoms with Gasteiger partial charge in [0.05, 0.1) is 11.3 Å². The summed E-state index contributed by atoms with van der Waals surface area (Å²) in [5.74, 6) is 0. The standard InChI is InChI=1S/C12H19N3O/c13-10-12(16)4-7-15(8-5-12)9-11-3-1-2-6-14-11/h1-3,6,16H,4-5,7-10,13H2. The molecule has 0 aromatic carbocycles. The van der Waals surface area contributed by atoms with E-state index in [0.29, 0.717) is 6.54 Å². The van der Waals surface area contributed by atoms with Crippen molar-refractivity contribution in [1.29, 1.82) is 0 Å². The van der Waals surface area contributed by atoms with Crippen LogP contribution >= 0.6 is 0 Å². The molecule has 2 heterocycles. The first kappa shape index (κ1) is 11.5. The first-order valence-corrected chi connectivity index (χ1v) is 5.77. The van der Waals surface area contributed by atoms with Crippen LogP contribution in [0.2, 0.25) is 0 Å². The SMILES string of the molecule is NCC1(O)CCN(Cc2ccccn2)CC1. The third kappa shape index (κ3) is 2.78. The lowest BCUT2D eigenvalue weighted by molar-refractivity contribution is -0.0155. The van der Waals surface area contributed by atoms with Gasteiger partial charge in [-0.25, -0.2) is 0 Å². The number of nitrogens with zero attached hydrogens (tertiary/aromatic N) is 2. The molecule has 2 rings (SSSR count). The number of aliphatic hydroxyl groups is 1. The molecule has 16 heavy (non-hydrogen) atoms. The normalized spacial score (nSPS) is 20.9. The van der Waals surface area contributed by atoms with Crippen molar-refractivity contribution >= 4 is 0 Å². The van der Waals surface area contributed by atoms with E-state index in [4.69, 9.17) is 5.73 Å². The minimum absolute atomic E-state index is 0.366. The van der Waals surface area contributed by atoms with Gasteiger partial charge in [-0.05, 0) is 25.0 Å². The van der Waals surface area contributed by atoms with Gasteiger partial charge in [0, 0.05) is 32.4 Å². The number of rotatable bonds is 3. The number of pyridine rings is 1. The molecule has 1 aliphatic heterocycles. The van der Waals surface area contributed by atoms with E-state index in [2.05, 4.69) is 9.88 Å². The molecule has 3 N–H and O–H groups in total. The molecule has 0 unspecified atom stereocenters. The highest BCUT2D eigenvalue weighted by atomic mass is 16.3. The lowest BCUT2D eigenvalue weighted by Crippen LogP contribution is -2.48. The highest BCUT2D eigenvalue weighted by Gasteiger charge is 2.30. The van der Waals surface area contributed by atoms with E-state index in [0.717, 1.165) is 38.2 Å². The molecule has 1 fully saturated rings. The van der Waals surface area contributed by atoms with Gasteiger partial charge < -0.3 is 10.8 Å². The lowest BCUT2D eigenvalue weighted by atomic mass is 9.91. The zero-order chi connectivity index (χ0) is 11.4. The van der Waals surface area contributed by atoms with E-state index < -0.39 is 5.60 Å². The summed E-state index contributed by atoms with van der Waals surface area (Å²) in [5, 5.41) is 10.00. The van der Waals surface area contributed by atoms with Gasteiger partial charge in [0.25, 0.3) is 0 Å². The van der Waals surface area contributed by atoms with Crippen LogP contribution in [0.15, 0.2) is 24.4 Å². The molecule has 0 aliphatic carbocycles. The van der Waals surface area contributed by atoms with Crippen molar-refractivity contribution in [3.8, 4) is 0 Å². The molecule has 0 atom stereocenters. The maximum absolute atomic E-state index is 10.00. The van der Waals surface area contributed by atoms with Gasteiger partial charge in [-0.15, -0.1) is 0 Å². The molecule has 4 nitrogen and oxygen atoms in total. The Morgan fingerprint density at radius 1 is 1.38 bits per heavy atom. The van der Waals surface area contributed by atoms with Crippen LogP contribution in [0.3, 0.4) is 0 Å². The van der Waals surface area contributed by atoms with E-state index in [-0.39, 0.29) is 0 Å². The zero-order valence-corrected chi connectivity index (χ0v) is 9.47. The Morgan fingerprint density at radius 2 is 2.12 bits per heavy atom. The van der Waals surface area contributed by atoms with Gasteiger partial charge in [-0.1, -0.05) is 6.07 Å². The molecule has 1 aromatic heterocycles. The van der Waals surface area contributed by atoms with E-state index in [1.54, 1.807) is 0 Å². The Balaban J connectivity index is 1.86. The van der Waals surface area contributed by atoms with Crippen molar-refractivity contribution < 1.29 is 5.11 Å². The Labute approximate surface area is 96.1 Å². The van der Waals surface area contributed by atoms with Gasteiger partial charge >= 0.3 is 0 Å². The Hall–Kier alpha value is -0.970. The van der Waals surface area contributed by atoms with Crippen LogP contribution in [-0.4, -0.2) is 40.2 Å². The van der Waals surface area contributed by atoms with E-state index in [1.165, 1.54) is 0 Å². The van der Waals surface area contributed by atoms with Gasteiger partial charge in [-0.3, -0.25) is 9.88 Å². The monoisotopic (exact) mass is 221 g/mol. The number of hydrogen-bond acceptors (Lipinski definition) is 4. The first-order chi connectivity index (χ1) is 7.72.